The zero-order valence-electron chi connectivity index (χ0n) is 9.11. The maximum atomic E-state index is 10.8. The number of benzene rings is 1. The summed E-state index contributed by atoms with van der Waals surface area (Å²) in [5.74, 6) is -0.682. The van der Waals surface area contributed by atoms with Crippen LogP contribution in [0.25, 0.3) is 0 Å². The molecule has 0 aliphatic rings. The predicted molar refractivity (Wildman–Crippen MR) is 60.4 cm³/mol. The van der Waals surface area contributed by atoms with Crippen LogP contribution in [0.4, 0.5) is 0 Å². The maximum Gasteiger partial charge on any atom is 0.138 e. The highest BCUT2D eigenvalue weighted by molar-refractivity contribution is 6.30. The van der Waals surface area contributed by atoms with Gasteiger partial charge in [0.05, 0.1) is 5.97 Å². The Kier molecular flexibility index (Phi) is 5.12. The van der Waals surface area contributed by atoms with Gasteiger partial charge in [-0.3, -0.25) is 0 Å². The van der Waals surface area contributed by atoms with E-state index in [0.717, 1.165) is 12.8 Å². The Morgan fingerprint density at radius 3 is 2.56 bits per heavy atom. The number of halogens is 1. The van der Waals surface area contributed by atoms with Crippen LogP contribution in [0.1, 0.15) is 26.2 Å². The first-order chi connectivity index (χ1) is 7.63. The number of carbonyl (C=O) groups is 1. The summed E-state index contributed by atoms with van der Waals surface area (Å²) in [7, 11) is 0. The van der Waals surface area contributed by atoms with Gasteiger partial charge in [0.25, 0.3) is 0 Å². The van der Waals surface area contributed by atoms with E-state index in [1.807, 2.05) is 6.92 Å². The minimum absolute atomic E-state index is 0.460. The average Bonchev–Trinajstić information content (AvgIpc) is 2.26. The van der Waals surface area contributed by atoms with Crippen molar-refractivity contribution in [1.29, 1.82) is 0 Å². The van der Waals surface area contributed by atoms with Crippen molar-refractivity contribution >= 4 is 17.6 Å². The first-order valence-electron chi connectivity index (χ1n) is 5.26. The Balaban J connectivity index is 2.60. The number of ether oxygens (including phenoxy) is 1. The summed E-state index contributed by atoms with van der Waals surface area (Å²) >= 11 is 5.71. The van der Waals surface area contributed by atoms with E-state index in [1.54, 1.807) is 24.3 Å². The van der Waals surface area contributed by atoms with Crippen molar-refractivity contribution in [3.05, 3.63) is 29.3 Å². The molecule has 0 amide bonds. The van der Waals surface area contributed by atoms with E-state index < -0.39 is 12.1 Å². The molecule has 0 saturated heterocycles. The number of carboxylic acid groups (broad SMARTS) is 1. The van der Waals surface area contributed by atoms with Crippen LogP contribution >= 0.6 is 11.6 Å². The van der Waals surface area contributed by atoms with Gasteiger partial charge < -0.3 is 14.6 Å². The average molecular weight is 242 g/mol. The van der Waals surface area contributed by atoms with E-state index in [0.29, 0.717) is 17.2 Å². The minimum Gasteiger partial charge on any atom is -0.546 e. The van der Waals surface area contributed by atoms with Crippen molar-refractivity contribution in [3.8, 4) is 5.75 Å². The molecule has 0 aliphatic heterocycles. The van der Waals surface area contributed by atoms with Gasteiger partial charge in [-0.05, 0) is 37.1 Å². The maximum absolute atomic E-state index is 10.8. The molecule has 4 heteroatoms. The molecule has 0 unspecified atom stereocenters. The van der Waals surface area contributed by atoms with E-state index in [-0.39, 0.29) is 0 Å². The normalized spacial score (nSPS) is 12.1. The van der Waals surface area contributed by atoms with Crippen molar-refractivity contribution in [3.63, 3.8) is 0 Å². The largest absolute Gasteiger partial charge is 0.546 e. The molecule has 3 nitrogen and oxygen atoms in total. The number of carboxylic acids is 1. The van der Waals surface area contributed by atoms with Gasteiger partial charge in [0.1, 0.15) is 11.9 Å². The molecule has 88 valence electrons. The molecule has 0 spiro atoms. The highest BCUT2D eigenvalue weighted by Gasteiger charge is 2.10. The van der Waals surface area contributed by atoms with Crippen molar-refractivity contribution in [1.82, 2.24) is 0 Å². The summed E-state index contributed by atoms with van der Waals surface area (Å²) in [5.41, 5.74) is 0. The predicted octanol–water partition coefficient (Wildman–Crippen LogP) is 2.03. The molecule has 1 aromatic carbocycles. The lowest BCUT2D eigenvalue weighted by atomic mass is 10.1. The third-order valence-electron chi connectivity index (χ3n) is 2.17. The van der Waals surface area contributed by atoms with Gasteiger partial charge >= 0.3 is 0 Å². The van der Waals surface area contributed by atoms with Crippen LogP contribution in [0, 0.1) is 0 Å². The quantitative estimate of drug-likeness (QED) is 0.766. The fraction of sp³-hybridized carbons (Fsp3) is 0.417. The highest BCUT2D eigenvalue weighted by Crippen LogP contribution is 2.18. The molecule has 1 rings (SSSR count). The van der Waals surface area contributed by atoms with Crippen molar-refractivity contribution in [2.45, 2.75) is 32.3 Å². The van der Waals surface area contributed by atoms with E-state index in [2.05, 4.69) is 0 Å². The van der Waals surface area contributed by atoms with E-state index in [4.69, 9.17) is 16.3 Å². The molecule has 0 saturated carbocycles. The van der Waals surface area contributed by atoms with E-state index in [1.165, 1.54) is 0 Å². The molecule has 0 fully saturated rings. The number of hydrogen-bond acceptors (Lipinski definition) is 3. The third-order valence-corrected chi connectivity index (χ3v) is 2.43. The molecule has 0 bridgehead atoms. The molecule has 0 aliphatic carbocycles. The van der Waals surface area contributed by atoms with Gasteiger partial charge in [-0.25, -0.2) is 0 Å². The van der Waals surface area contributed by atoms with Crippen LogP contribution in [0.15, 0.2) is 24.3 Å². The van der Waals surface area contributed by atoms with E-state index >= 15 is 0 Å². The second-order valence-corrected chi connectivity index (χ2v) is 3.96. The monoisotopic (exact) mass is 241 g/mol. The van der Waals surface area contributed by atoms with Crippen LogP contribution in [-0.2, 0) is 4.79 Å². The van der Waals surface area contributed by atoms with Crippen LogP contribution in [0.3, 0.4) is 0 Å². The standard InChI is InChI=1S/C12H15ClO3/c1-2-3-4-11(12(14)15)16-10-7-5-9(13)6-8-10/h5-8,11H,2-4H2,1H3,(H,14,15)/p-1/t11-/m0/s1. The van der Waals surface area contributed by atoms with Crippen LogP contribution in [0.2, 0.25) is 5.02 Å². The topological polar surface area (TPSA) is 49.4 Å². The summed E-state index contributed by atoms with van der Waals surface area (Å²) in [6, 6.07) is 6.60. The molecule has 0 heterocycles. The molecule has 0 radical (unpaired) electrons. The van der Waals surface area contributed by atoms with Gasteiger partial charge in [0.2, 0.25) is 0 Å². The van der Waals surface area contributed by atoms with Gasteiger partial charge in [-0.15, -0.1) is 0 Å². The zero-order valence-corrected chi connectivity index (χ0v) is 9.87. The number of hydrogen-bond donors (Lipinski definition) is 0. The summed E-state index contributed by atoms with van der Waals surface area (Å²) in [6.45, 7) is 1.99. The number of unbranched alkanes of at least 4 members (excludes halogenated alkanes) is 1. The fourth-order valence-corrected chi connectivity index (χ4v) is 1.42. The summed E-state index contributed by atoms with van der Waals surface area (Å²) < 4.78 is 5.31. The molecule has 1 atom stereocenters. The lowest BCUT2D eigenvalue weighted by molar-refractivity contribution is -0.313. The highest BCUT2D eigenvalue weighted by atomic mass is 35.5. The first kappa shape index (κ1) is 12.8. The summed E-state index contributed by atoms with van der Waals surface area (Å²) in [6.07, 6.45) is 1.29. The van der Waals surface area contributed by atoms with Gasteiger partial charge in [-0.1, -0.05) is 24.9 Å². The third kappa shape index (κ3) is 4.11. The van der Waals surface area contributed by atoms with Crippen LogP contribution < -0.4 is 9.84 Å². The van der Waals surface area contributed by atoms with Crippen LogP contribution in [0.5, 0.6) is 5.75 Å². The van der Waals surface area contributed by atoms with Gasteiger partial charge in [0, 0.05) is 5.02 Å². The molecule has 16 heavy (non-hydrogen) atoms. The summed E-state index contributed by atoms with van der Waals surface area (Å²) in [4.78, 5) is 10.8. The Labute approximate surface area is 100.0 Å². The van der Waals surface area contributed by atoms with Crippen molar-refractivity contribution in [2.24, 2.45) is 0 Å². The number of aliphatic carboxylic acids is 1. The first-order valence-corrected chi connectivity index (χ1v) is 5.64. The van der Waals surface area contributed by atoms with Crippen molar-refractivity contribution < 1.29 is 14.6 Å². The molecule has 0 N–H and O–H groups in total. The van der Waals surface area contributed by atoms with Gasteiger partial charge in [-0.2, -0.15) is 0 Å². The number of carbonyl (C=O) groups excluding carboxylic acids is 1. The molecule has 1 aromatic rings. The lowest BCUT2D eigenvalue weighted by Gasteiger charge is -2.19. The Hall–Kier alpha value is -1.22. The van der Waals surface area contributed by atoms with Crippen molar-refractivity contribution in [2.75, 3.05) is 0 Å². The smallest absolute Gasteiger partial charge is 0.138 e. The van der Waals surface area contributed by atoms with E-state index in [9.17, 15) is 9.90 Å². The minimum atomic E-state index is -1.18. The zero-order chi connectivity index (χ0) is 12.0. The SMILES string of the molecule is CCCC[C@H](Oc1ccc(Cl)cc1)C(=O)[O-]. The molecular weight excluding hydrogens is 228 g/mol. The fourth-order valence-electron chi connectivity index (χ4n) is 1.29. The van der Waals surface area contributed by atoms with Gasteiger partial charge in [0.15, 0.2) is 0 Å². The Morgan fingerprint density at radius 2 is 2.06 bits per heavy atom. The second kappa shape index (κ2) is 6.38. The lowest BCUT2D eigenvalue weighted by Crippen LogP contribution is -2.39. The molecular formula is C12H14ClO3-. The summed E-state index contributed by atoms with van der Waals surface area (Å²) in [5, 5.41) is 11.4. The molecule has 0 aromatic heterocycles. The number of rotatable bonds is 6. The Morgan fingerprint density at radius 1 is 1.44 bits per heavy atom. The van der Waals surface area contributed by atoms with Crippen LogP contribution in [-0.4, -0.2) is 12.1 Å². The second-order valence-electron chi connectivity index (χ2n) is 3.52. The Bertz CT molecular complexity index is 335.